The van der Waals surface area contributed by atoms with Gasteiger partial charge in [-0.25, -0.2) is 0 Å². The minimum atomic E-state index is -0.131. The van der Waals surface area contributed by atoms with Gasteiger partial charge in [0.25, 0.3) is 0 Å². The molecular weight excluding hydrogens is 148 g/mol. The Labute approximate surface area is 67.4 Å². The molecule has 0 N–H and O–H groups in total. The van der Waals surface area contributed by atoms with Gasteiger partial charge < -0.3 is 4.74 Å². The van der Waals surface area contributed by atoms with Crippen LogP contribution in [0.3, 0.4) is 0 Å². The largest absolute Gasteiger partial charge is 0.465 e. The van der Waals surface area contributed by atoms with Crippen molar-refractivity contribution in [2.45, 2.75) is 20.3 Å². The van der Waals surface area contributed by atoms with E-state index in [4.69, 9.17) is 4.74 Å². The molecule has 0 rings (SSSR count). The maximum Gasteiger partial charge on any atom is 0.305 e. The molecule has 0 spiro atoms. The van der Waals surface area contributed by atoms with E-state index in [1.807, 2.05) is 6.92 Å². The van der Waals surface area contributed by atoms with Gasteiger partial charge in [0.15, 0.2) is 0 Å². The van der Waals surface area contributed by atoms with Crippen LogP contribution >= 0.6 is 12.6 Å². The van der Waals surface area contributed by atoms with E-state index < -0.39 is 0 Å². The summed E-state index contributed by atoms with van der Waals surface area (Å²) in [4.78, 5) is 10.6. The van der Waals surface area contributed by atoms with Crippen molar-refractivity contribution in [1.29, 1.82) is 0 Å². The first-order chi connectivity index (χ1) is 4.70. The maximum atomic E-state index is 10.6. The van der Waals surface area contributed by atoms with Gasteiger partial charge >= 0.3 is 5.97 Å². The third-order valence-electron chi connectivity index (χ3n) is 1.13. The molecule has 0 amide bonds. The quantitative estimate of drug-likeness (QED) is 0.501. The lowest BCUT2D eigenvalue weighted by molar-refractivity contribution is -0.144. The van der Waals surface area contributed by atoms with Gasteiger partial charge in [0.2, 0.25) is 0 Å². The zero-order chi connectivity index (χ0) is 7.98. The molecule has 1 unspecified atom stereocenters. The Morgan fingerprint density at radius 3 is 2.70 bits per heavy atom. The van der Waals surface area contributed by atoms with Gasteiger partial charge in [-0.05, 0) is 11.7 Å². The Balaban J connectivity index is 3.26. The maximum absolute atomic E-state index is 10.6. The molecule has 0 aliphatic rings. The molecule has 0 radical (unpaired) electrons. The first-order valence-electron chi connectivity index (χ1n) is 3.47. The standard InChI is InChI=1S/C7H14O2S/c1-3-7(8)9-4-6(2)5-10/h6,10H,3-5H2,1-2H3. The molecule has 0 aliphatic carbocycles. The van der Waals surface area contributed by atoms with Gasteiger partial charge in [0, 0.05) is 6.42 Å². The zero-order valence-electron chi connectivity index (χ0n) is 6.46. The molecule has 0 fully saturated rings. The summed E-state index contributed by atoms with van der Waals surface area (Å²) in [6.45, 7) is 4.28. The van der Waals surface area contributed by atoms with Crippen LogP contribution in [-0.4, -0.2) is 18.3 Å². The summed E-state index contributed by atoms with van der Waals surface area (Å²) < 4.78 is 4.86. The Kier molecular flexibility index (Phi) is 5.49. The third kappa shape index (κ3) is 4.68. The average Bonchev–Trinajstić information content (AvgIpc) is 1.99. The van der Waals surface area contributed by atoms with Crippen molar-refractivity contribution >= 4 is 18.6 Å². The van der Waals surface area contributed by atoms with Crippen LogP contribution in [0.25, 0.3) is 0 Å². The van der Waals surface area contributed by atoms with Crippen LogP contribution < -0.4 is 0 Å². The van der Waals surface area contributed by atoms with E-state index in [2.05, 4.69) is 12.6 Å². The molecule has 60 valence electrons. The molecule has 0 aliphatic heterocycles. The lowest BCUT2D eigenvalue weighted by Crippen LogP contribution is -2.11. The van der Waals surface area contributed by atoms with Crippen LogP contribution in [0.15, 0.2) is 0 Å². The van der Waals surface area contributed by atoms with Crippen LogP contribution in [0, 0.1) is 5.92 Å². The van der Waals surface area contributed by atoms with Crippen molar-refractivity contribution in [2.24, 2.45) is 5.92 Å². The second kappa shape index (κ2) is 5.59. The van der Waals surface area contributed by atoms with Crippen molar-refractivity contribution in [3.05, 3.63) is 0 Å². The summed E-state index contributed by atoms with van der Waals surface area (Å²) in [5, 5.41) is 0. The summed E-state index contributed by atoms with van der Waals surface area (Å²) in [6, 6.07) is 0. The number of carbonyl (C=O) groups is 1. The molecule has 0 saturated carbocycles. The fourth-order valence-corrected chi connectivity index (χ4v) is 0.495. The predicted molar refractivity (Wildman–Crippen MR) is 44.3 cm³/mol. The lowest BCUT2D eigenvalue weighted by atomic mass is 10.2. The molecule has 3 heteroatoms. The van der Waals surface area contributed by atoms with Crippen LogP contribution in [0.4, 0.5) is 0 Å². The van der Waals surface area contributed by atoms with E-state index in [1.54, 1.807) is 6.92 Å². The second-order valence-electron chi connectivity index (χ2n) is 2.32. The molecule has 1 atom stereocenters. The number of carbonyl (C=O) groups excluding carboxylic acids is 1. The minimum Gasteiger partial charge on any atom is -0.465 e. The summed E-state index contributed by atoms with van der Waals surface area (Å²) in [5.41, 5.74) is 0. The number of hydrogen-bond donors (Lipinski definition) is 1. The lowest BCUT2D eigenvalue weighted by Gasteiger charge is -2.07. The van der Waals surface area contributed by atoms with E-state index in [1.165, 1.54) is 0 Å². The normalized spacial score (nSPS) is 12.7. The van der Waals surface area contributed by atoms with Gasteiger partial charge in [0.05, 0.1) is 6.61 Å². The molecule has 0 bridgehead atoms. The fraction of sp³-hybridized carbons (Fsp3) is 0.857. The Morgan fingerprint density at radius 2 is 2.30 bits per heavy atom. The summed E-state index contributed by atoms with van der Waals surface area (Å²) in [6.07, 6.45) is 0.458. The number of thiol groups is 1. The van der Waals surface area contributed by atoms with Crippen LogP contribution in [0.2, 0.25) is 0 Å². The van der Waals surface area contributed by atoms with Crippen LogP contribution in [0.5, 0.6) is 0 Å². The van der Waals surface area contributed by atoms with Crippen molar-refractivity contribution in [1.82, 2.24) is 0 Å². The number of hydrogen-bond acceptors (Lipinski definition) is 3. The van der Waals surface area contributed by atoms with Crippen molar-refractivity contribution in [3.63, 3.8) is 0 Å². The van der Waals surface area contributed by atoms with Crippen molar-refractivity contribution in [3.8, 4) is 0 Å². The van der Waals surface area contributed by atoms with Crippen molar-refractivity contribution < 1.29 is 9.53 Å². The van der Waals surface area contributed by atoms with Crippen molar-refractivity contribution in [2.75, 3.05) is 12.4 Å². The van der Waals surface area contributed by atoms with E-state index in [0.717, 1.165) is 5.75 Å². The van der Waals surface area contributed by atoms with E-state index in [-0.39, 0.29) is 5.97 Å². The van der Waals surface area contributed by atoms with E-state index in [9.17, 15) is 4.79 Å². The monoisotopic (exact) mass is 162 g/mol. The number of ether oxygens (including phenoxy) is 1. The van der Waals surface area contributed by atoms with Gasteiger partial charge in [0.1, 0.15) is 0 Å². The van der Waals surface area contributed by atoms with Gasteiger partial charge in [-0.2, -0.15) is 12.6 Å². The third-order valence-corrected chi connectivity index (χ3v) is 1.75. The minimum absolute atomic E-state index is 0.131. The molecular formula is C7H14O2S. The summed E-state index contributed by atoms with van der Waals surface area (Å²) in [7, 11) is 0. The highest BCUT2D eigenvalue weighted by Crippen LogP contribution is 1.98. The Morgan fingerprint density at radius 1 is 1.70 bits per heavy atom. The van der Waals surface area contributed by atoms with Gasteiger partial charge in [-0.1, -0.05) is 13.8 Å². The zero-order valence-corrected chi connectivity index (χ0v) is 7.36. The summed E-state index contributed by atoms with van der Waals surface area (Å²) in [5.74, 6) is 0.990. The Hall–Kier alpha value is -0.180. The molecule has 0 aromatic heterocycles. The predicted octanol–water partition coefficient (Wildman–Crippen LogP) is 1.51. The molecule has 10 heavy (non-hydrogen) atoms. The average molecular weight is 162 g/mol. The van der Waals surface area contributed by atoms with Gasteiger partial charge in [-0.3, -0.25) is 4.79 Å². The molecule has 0 saturated heterocycles. The number of rotatable bonds is 4. The molecule has 0 heterocycles. The van der Waals surface area contributed by atoms with Crippen LogP contribution in [0.1, 0.15) is 20.3 Å². The Bertz CT molecular complexity index is 104. The highest BCUT2D eigenvalue weighted by molar-refractivity contribution is 7.80. The van der Waals surface area contributed by atoms with Crippen LogP contribution in [-0.2, 0) is 9.53 Å². The second-order valence-corrected chi connectivity index (χ2v) is 2.69. The van der Waals surface area contributed by atoms with Gasteiger partial charge in [-0.15, -0.1) is 0 Å². The first-order valence-corrected chi connectivity index (χ1v) is 4.10. The molecule has 2 nitrogen and oxygen atoms in total. The topological polar surface area (TPSA) is 26.3 Å². The SMILES string of the molecule is CCC(=O)OCC(C)CS. The van der Waals surface area contributed by atoms with E-state index in [0.29, 0.717) is 18.9 Å². The van der Waals surface area contributed by atoms with E-state index >= 15 is 0 Å². The highest BCUT2D eigenvalue weighted by atomic mass is 32.1. The molecule has 0 aromatic rings. The summed E-state index contributed by atoms with van der Waals surface area (Å²) >= 11 is 4.06. The number of esters is 1. The highest BCUT2D eigenvalue weighted by Gasteiger charge is 2.02. The molecule has 0 aromatic carbocycles. The first kappa shape index (κ1) is 9.82. The smallest absolute Gasteiger partial charge is 0.305 e. The fourth-order valence-electron chi connectivity index (χ4n) is 0.390.